The molecule has 1 aliphatic carbocycles. The van der Waals surface area contributed by atoms with Gasteiger partial charge >= 0.3 is 0 Å². The SMILES string of the molecule is CNC(C1CCOCC1)C1CCCc2sccc21. The first-order valence-corrected chi connectivity index (χ1v) is 8.09. The summed E-state index contributed by atoms with van der Waals surface area (Å²) in [6, 6.07) is 3.01. The minimum Gasteiger partial charge on any atom is -0.381 e. The molecule has 0 radical (unpaired) electrons. The van der Waals surface area contributed by atoms with Crippen LogP contribution in [0.1, 0.15) is 42.0 Å². The third-order valence-electron chi connectivity index (χ3n) is 4.64. The molecule has 1 aliphatic heterocycles. The molecule has 0 bridgehead atoms. The second-order valence-corrected chi connectivity index (χ2v) is 6.56. The molecule has 18 heavy (non-hydrogen) atoms. The van der Waals surface area contributed by atoms with Crippen LogP contribution in [0, 0.1) is 5.92 Å². The highest BCUT2D eigenvalue weighted by Crippen LogP contribution is 2.40. The Labute approximate surface area is 114 Å². The highest BCUT2D eigenvalue weighted by molar-refractivity contribution is 7.10. The van der Waals surface area contributed by atoms with Crippen LogP contribution in [-0.4, -0.2) is 26.3 Å². The Bertz CT molecular complexity index is 384. The van der Waals surface area contributed by atoms with Gasteiger partial charge in [-0.1, -0.05) is 0 Å². The van der Waals surface area contributed by atoms with Crippen molar-refractivity contribution in [2.45, 2.75) is 44.1 Å². The van der Waals surface area contributed by atoms with E-state index in [-0.39, 0.29) is 0 Å². The molecule has 0 saturated carbocycles. The van der Waals surface area contributed by atoms with Crippen LogP contribution in [0.4, 0.5) is 0 Å². The van der Waals surface area contributed by atoms with Crippen LogP contribution in [0.25, 0.3) is 0 Å². The summed E-state index contributed by atoms with van der Waals surface area (Å²) in [4.78, 5) is 1.64. The van der Waals surface area contributed by atoms with E-state index < -0.39 is 0 Å². The molecule has 1 aromatic rings. The molecule has 1 N–H and O–H groups in total. The van der Waals surface area contributed by atoms with E-state index in [2.05, 4.69) is 23.8 Å². The molecule has 100 valence electrons. The molecule has 2 atom stereocenters. The lowest BCUT2D eigenvalue weighted by molar-refractivity contribution is 0.0500. The summed E-state index contributed by atoms with van der Waals surface area (Å²) in [7, 11) is 2.14. The van der Waals surface area contributed by atoms with Crippen molar-refractivity contribution in [1.29, 1.82) is 0 Å². The molecule has 1 aromatic heterocycles. The van der Waals surface area contributed by atoms with E-state index in [9.17, 15) is 0 Å². The van der Waals surface area contributed by atoms with Crippen molar-refractivity contribution in [3.63, 3.8) is 0 Å². The standard InChI is InChI=1S/C15H23NOS/c1-16-15(11-5-8-17-9-6-11)13-3-2-4-14-12(13)7-10-18-14/h7,10-11,13,15-16H,2-6,8-9H2,1H3. The van der Waals surface area contributed by atoms with Gasteiger partial charge in [-0.25, -0.2) is 0 Å². The highest BCUT2D eigenvalue weighted by atomic mass is 32.1. The fourth-order valence-corrected chi connectivity index (χ4v) is 4.73. The largest absolute Gasteiger partial charge is 0.381 e. The highest BCUT2D eigenvalue weighted by Gasteiger charge is 2.33. The Morgan fingerprint density at radius 3 is 2.94 bits per heavy atom. The van der Waals surface area contributed by atoms with Crippen molar-refractivity contribution >= 4 is 11.3 Å². The van der Waals surface area contributed by atoms with Gasteiger partial charge in [0.15, 0.2) is 0 Å². The zero-order valence-corrected chi connectivity index (χ0v) is 12.0. The lowest BCUT2D eigenvalue weighted by Gasteiger charge is -2.37. The minimum atomic E-state index is 0.641. The second kappa shape index (κ2) is 5.72. The predicted molar refractivity (Wildman–Crippen MR) is 76.4 cm³/mol. The Hall–Kier alpha value is -0.380. The molecular weight excluding hydrogens is 242 g/mol. The van der Waals surface area contributed by atoms with E-state index in [1.807, 2.05) is 11.3 Å². The van der Waals surface area contributed by atoms with Crippen LogP contribution in [0.2, 0.25) is 0 Å². The van der Waals surface area contributed by atoms with E-state index in [0.717, 1.165) is 25.0 Å². The van der Waals surface area contributed by atoms with Gasteiger partial charge in [-0.15, -0.1) is 11.3 Å². The number of likely N-dealkylation sites (N-methyl/N-ethyl adjacent to an activating group) is 1. The monoisotopic (exact) mass is 265 g/mol. The first kappa shape index (κ1) is 12.6. The quantitative estimate of drug-likeness (QED) is 0.906. The summed E-state index contributed by atoms with van der Waals surface area (Å²) < 4.78 is 5.51. The minimum absolute atomic E-state index is 0.641. The summed E-state index contributed by atoms with van der Waals surface area (Å²) in [6.45, 7) is 1.90. The van der Waals surface area contributed by atoms with Gasteiger partial charge in [-0.05, 0) is 62.1 Å². The molecular formula is C15H23NOS. The Kier molecular flexibility index (Phi) is 4.02. The van der Waals surface area contributed by atoms with E-state index in [0.29, 0.717) is 6.04 Å². The van der Waals surface area contributed by atoms with Crippen LogP contribution in [0.5, 0.6) is 0 Å². The van der Waals surface area contributed by atoms with Gasteiger partial charge in [0.05, 0.1) is 0 Å². The summed E-state index contributed by atoms with van der Waals surface area (Å²) in [6.07, 6.45) is 6.46. The predicted octanol–water partition coefficient (Wildman–Crippen LogP) is 3.18. The lowest BCUT2D eigenvalue weighted by Crippen LogP contribution is -2.42. The number of hydrogen-bond donors (Lipinski definition) is 1. The molecule has 0 amide bonds. The van der Waals surface area contributed by atoms with Crippen molar-refractivity contribution in [1.82, 2.24) is 5.32 Å². The maximum Gasteiger partial charge on any atom is 0.0469 e. The maximum atomic E-state index is 5.51. The lowest BCUT2D eigenvalue weighted by atomic mass is 9.75. The van der Waals surface area contributed by atoms with Gasteiger partial charge in [-0.3, -0.25) is 0 Å². The van der Waals surface area contributed by atoms with Gasteiger partial charge in [0.2, 0.25) is 0 Å². The Balaban J connectivity index is 1.80. The molecule has 2 heterocycles. The van der Waals surface area contributed by atoms with Crippen molar-refractivity contribution in [2.24, 2.45) is 5.92 Å². The van der Waals surface area contributed by atoms with Crippen LogP contribution >= 0.6 is 11.3 Å². The third-order valence-corrected chi connectivity index (χ3v) is 5.64. The van der Waals surface area contributed by atoms with E-state index in [1.54, 1.807) is 10.4 Å². The topological polar surface area (TPSA) is 21.3 Å². The number of aryl methyl sites for hydroxylation is 1. The van der Waals surface area contributed by atoms with E-state index in [1.165, 1.54) is 32.1 Å². The van der Waals surface area contributed by atoms with Gasteiger partial charge in [0, 0.05) is 30.1 Å². The van der Waals surface area contributed by atoms with Crippen LogP contribution in [0.3, 0.4) is 0 Å². The molecule has 0 aromatic carbocycles. The molecule has 3 rings (SSSR count). The smallest absolute Gasteiger partial charge is 0.0469 e. The van der Waals surface area contributed by atoms with Crippen molar-refractivity contribution in [3.8, 4) is 0 Å². The average Bonchev–Trinajstić information content (AvgIpc) is 2.90. The molecule has 2 aliphatic rings. The summed E-state index contributed by atoms with van der Waals surface area (Å²) in [5.74, 6) is 1.52. The number of hydrogen-bond acceptors (Lipinski definition) is 3. The van der Waals surface area contributed by atoms with Crippen LogP contribution in [-0.2, 0) is 11.2 Å². The van der Waals surface area contributed by atoms with Crippen molar-refractivity contribution < 1.29 is 4.74 Å². The number of thiophene rings is 1. The zero-order valence-electron chi connectivity index (χ0n) is 11.2. The normalized spacial score (nSPS) is 26.8. The summed E-state index contributed by atoms with van der Waals surface area (Å²) in [5, 5.41) is 5.90. The van der Waals surface area contributed by atoms with Gasteiger partial charge in [0.25, 0.3) is 0 Å². The first-order chi connectivity index (χ1) is 8.90. The molecule has 1 fully saturated rings. The number of fused-ring (bicyclic) bond motifs is 1. The number of ether oxygens (including phenoxy) is 1. The van der Waals surface area contributed by atoms with E-state index in [4.69, 9.17) is 4.74 Å². The zero-order chi connectivity index (χ0) is 12.4. The second-order valence-electron chi connectivity index (χ2n) is 5.56. The van der Waals surface area contributed by atoms with Gasteiger partial charge in [-0.2, -0.15) is 0 Å². The molecule has 2 nitrogen and oxygen atoms in total. The van der Waals surface area contributed by atoms with Crippen LogP contribution < -0.4 is 5.32 Å². The average molecular weight is 265 g/mol. The Morgan fingerprint density at radius 2 is 2.17 bits per heavy atom. The number of rotatable bonds is 3. The van der Waals surface area contributed by atoms with E-state index >= 15 is 0 Å². The molecule has 1 saturated heterocycles. The van der Waals surface area contributed by atoms with Gasteiger partial charge in [0.1, 0.15) is 0 Å². The summed E-state index contributed by atoms with van der Waals surface area (Å²) in [5.41, 5.74) is 1.64. The van der Waals surface area contributed by atoms with Crippen LogP contribution in [0.15, 0.2) is 11.4 Å². The first-order valence-electron chi connectivity index (χ1n) is 7.21. The van der Waals surface area contributed by atoms with Crippen molar-refractivity contribution in [2.75, 3.05) is 20.3 Å². The number of nitrogens with one attached hydrogen (secondary N) is 1. The Morgan fingerprint density at radius 1 is 1.33 bits per heavy atom. The van der Waals surface area contributed by atoms with Crippen molar-refractivity contribution in [3.05, 3.63) is 21.9 Å². The molecule has 3 heteroatoms. The fraction of sp³-hybridized carbons (Fsp3) is 0.733. The molecule has 2 unspecified atom stereocenters. The fourth-order valence-electron chi connectivity index (χ4n) is 3.74. The third kappa shape index (κ3) is 2.36. The maximum absolute atomic E-state index is 5.51. The summed E-state index contributed by atoms with van der Waals surface area (Å²) >= 11 is 1.95. The molecule has 0 spiro atoms. The van der Waals surface area contributed by atoms with Gasteiger partial charge < -0.3 is 10.1 Å².